The average Bonchev–Trinajstić information content (AvgIpc) is 2.82. The van der Waals surface area contributed by atoms with Gasteiger partial charge in [-0.05, 0) is 63.4 Å². The molecule has 6 nitrogen and oxygen atoms in total. The molecule has 0 aliphatic carbocycles. The van der Waals surface area contributed by atoms with Crippen LogP contribution in [0, 0.1) is 18.8 Å². The molecule has 1 unspecified atom stereocenters. The van der Waals surface area contributed by atoms with Crippen LogP contribution < -0.4 is 20.1 Å². The number of amides is 1. The van der Waals surface area contributed by atoms with Gasteiger partial charge in [0.15, 0.2) is 6.10 Å². The highest BCUT2D eigenvalue weighted by atomic mass is 19.4. The van der Waals surface area contributed by atoms with Gasteiger partial charge in [-0.25, -0.2) is 0 Å². The van der Waals surface area contributed by atoms with Gasteiger partial charge in [0, 0.05) is 11.6 Å². The number of hydrogen-bond donors (Lipinski definition) is 2. The summed E-state index contributed by atoms with van der Waals surface area (Å²) in [7, 11) is 0. The molecule has 1 aliphatic rings. The van der Waals surface area contributed by atoms with Crippen LogP contribution in [0.15, 0.2) is 36.4 Å². The van der Waals surface area contributed by atoms with Gasteiger partial charge < -0.3 is 24.6 Å². The number of nitrogens with one attached hydrogen (secondary N) is 2. The number of rotatable bonds is 7. The number of aryl methyl sites for hydroxylation is 1. The molecule has 1 amide bonds. The summed E-state index contributed by atoms with van der Waals surface area (Å²) in [5.41, 5.74) is 2.65. The fraction of sp³-hybridized carbons (Fsp3) is 0.423. The van der Waals surface area contributed by atoms with E-state index < -0.39 is 12.5 Å². The predicted molar refractivity (Wildman–Crippen MR) is 129 cm³/mol. The third-order valence-electron chi connectivity index (χ3n) is 6.31. The van der Waals surface area contributed by atoms with Crippen molar-refractivity contribution in [1.29, 1.82) is 0 Å². The maximum Gasteiger partial charge on any atom is 0.573 e. The molecule has 2 aromatic rings. The first-order valence-corrected chi connectivity index (χ1v) is 11.6. The van der Waals surface area contributed by atoms with Crippen LogP contribution in [-0.4, -0.2) is 55.6 Å². The highest BCUT2D eigenvalue weighted by molar-refractivity contribution is 5.96. The summed E-state index contributed by atoms with van der Waals surface area (Å²) in [5, 5.41) is 5.82. The zero-order chi connectivity index (χ0) is 25.6. The number of nitrogens with zero attached hydrogens (tertiary/aromatic N) is 1. The molecule has 0 fully saturated rings. The molecule has 1 heterocycles. The number of fused-ring (bicyclic) bond motifs is 1. The Morgan fingerprint density at radius 2 is 1.89 bits per heavy atom. The minimum atomic E-state index is -4.79. The standard InChI is InChI=1S/C26H30F3N3O3/c1-5-32(6-2,7-3)14-8-9-19-15-18(4)10-12-21(19)31-25(33)24-17-30-22-16-20(35-26(27,28)29)11-13-23(22)34-24/h10-13,15-16,24,30H,5-7,14,17H2,1-4H3/p+1. The second kappa shape index (κ2) is 10.9. The van der Waals surface area contributed by atoms with Crippen LogP contribution >= 0.6 is 0 Å². The molecule has 2 aromatic carbocycles. The van der Waals surface area contributed by atoms with Crippen molar-refractivity contribution in [2.75, 3.05) is 43.4 Å². The van der Waals surface area contributed by atoms with Crippen LogP contribution in [0.25, 0.3) is 0 Å². The third-order valence-corrected chi connectivity index (χ3v) is 6.31. The number of quaternary nitrogens is 1. The summed E-state index contributed by atoms with van der Waals surface area (Å²) in [4.78, 5) is 12.9. The zero-order valence-electron chi connectivity index (χ0n) is 20.4. The van der Waals surface area contributed by atoms with Crippen LogP contribution in [0.3, 0.4) is 0 Å². The largest absolute Gasteiger partial charge is 0.573 e. The summed E-state index contributed by atoms with van der Waals surface area (Å²) in [6, 6.07) is 9.30. The van der Waals surface area contributed by atoms with Crippen molar-refractivity contribution in [3.63, 3.8) is 0 Å². The SMILES string of the molecule is CC[N+](CC)(CC)CC#Cc1cc(C)ccc1NC(=O)C1CNc2cc(OC(F)(F)F)ccc2O1. The quantitative estimate of drug-likeness (QED) is 0.427. The Balaban J connectivity index is 1.72. The van der Waals surface area contributed by atoms with E-state index in [2.05, 4.69) is 48.0 Å². The highest BCUT2D eigenvalue weighted by Crippen LogP contribution is 2.35. The molecule has 0 radical (unpaired) electrons. The molecule has 0 spiro atoms. The molecule has 9 heteroatoms. The lowest BCUT2D eigenvalue weighted by molar-refractivity contribution is -0.916. The summed E-state index contributed by atoms with van der Waals surface area (Å²) < 4.78 is 47.9. The van der Waals surface area contributed by atoms with Crippen LogP contribution in [0.1, 0.15) is 31.9 Å². The van der Waals surface area contributed by atoms with E-state index in [0.717, 1.165) is 47.9 Å². The first kappa shape index (κ1) is 26.2. The lowest BCUT2D eigenvalue weighted by Gasteiger charge is -2.33. The normalized spacial score (nSPS) is 15.1. The molecule has 0 aromatic heterocycles. The maximum atomic E-state index is 12.9. The van der Waals surface area contributed by atoms with Gasteiger partial charge in [-0.2, -0.15) is 0 Å². The molecule has 1 aliphatic heterocycles. The maximum absolute atomic E-state index is 12.9. The Morgan fingerprint density at radius 1 is 1.17 bits per heavy atom. The van der Waals surface area contributed by atoms with Crippen LogP contribution in [-0.2, 0) is 4.79 Å². The monoisotopic (exact) mass is 490 g/mol. The van der Waals surface area contributed by atoms with Gasteiger partial charge in [0.25, 0.3) is 5.91 Å². The minimum Gasteiger partial charge on any atom is -0.477 e. The van der Waals surface area contributed by atoms with E-state index in [1.807, 2.05) is 25.1 Å². The Bertz CT molecular complexity index is 1110. The Kier molecular flexibility index (Phi) is 8.18. The van der Waals surface area contributed by atoms with Crippen molar-refractivity contribution >= 4 is 17.3 Å². The lowest BCUT2D eigenvalue weighted by Crippen LogP contribution is -2.47. The Morgan fingerprint density at radius 3 is 2.54 bits per heavy atom. The average molecular weight is 491 g/mol. The summed E-state index contributed by atoms with van der Waals surface area (Å²) in [6.45, 7) is 12.2. The van der Waals surface area contributed by atoms with E-state index in [0.29, 0.717) is 11.4 Å². The molecular weight excluding hydrogens is 459 g/mol. The molecule has 188 valence electrons. The van der Waals surface area contributed by atoms with Gasteiger partial charge in [0.2, 0.25) is 0 Å². The third kappa shape index (κ3) is 6.83. The lowest BCUT2D eigenvalue weighted by atomic mass is 10.1. The second-order valence-corrected chi connectivity index (χ2v) is 8.48. The van der Waals surface area contributed by atoms with Gasteiger partial charge in [-0.1, -0.05) is 12.0 Å². The van der Waals surface area contributed by atoms with Crippen molar-refractivity contribution in [2.24, 2.45) is 0 Å². The molecular formula is C26H31F3N3O3+. The van der Waals surface area contributed by atoms with E-state index >= 15 is 0 Å². The Labute approximate surface area is 204 Å². The Hall–Kier alpha value is -3.38. The van der Waals surface area contributed by atoms with E-state index in [4.69, 9.17) is 4.74 Å². The van der Waals surface area contributed by atoms with Crippen LogP contribution in [0.5, 0.6) is 11.5 Å². The number of hydrogen-bond acceptors (Lipinski definition) is 4. The summed E-state index contributed by atoms with van der Waals surface area (Å²) in [6.07, 6.45) is -5.66. The van der Waals surface area contributed by atoms with E-state index in [1.54, 1.807) is 0 Å². The molecule has 2 N–H and O–H groups in total. The number of carbonyl (C=O) groups excluding carboxylic acids is 1. The number of anilines is 2. The predicted octanol–water partition coefficient (Wildman–Crippen LogP) is 4.93. The molecule has 0 saturated carbocycles. The van der Waals surface area contributed by atoms with Crippen LogP contribution in [0.2, 0.25) is 0 Å². The topological polar surface area (TPSA) is 59.6 Å². The molecule has 1 atom stereocenters. The zero-order valence-corrected chi connectivity index (χ0v) is 20.4. The molecule has 0 bridgehead atoms. The highest BCUT2D eigenvalue weighted by Gasteiger charge is 2.32. The molecule has 3 rings (SSSR count). The summed E-state index contributed by atoms with van der Waals surface area (Å²) >= 11 is 0. The first-order chi connectivity index (χ1) is 16.6. The first-order valence-electron chi connectivity index (χ1n) is 11.6. The number of benzene rings is 2. The van der Waals surface area contributed by atoms with E-state index in [-0.39, 0.29) is 24.0 Å². The van der Waals surface area contributed by atoms with Crippen molar-refractivity contribution < 1.29 is 31.9 Å². The molecule has 35 heavy (non-hydrogen) atoms. The van der Waals surface area contributed by atoms with Gasteiger partial charge in [0.1, 0.15) is 18.0 Å². The van der Waals surface area contributed by atoms with Crippen molar-refractivity contribution in [3.05, 3.63) is 47.5 Å². The van der Waals surface area contributed by atoms with Crippen molar-refractivity contribution in [3.8, 4) is 23.3 Å². The van der Waals surface area contributed by atoms with E-state index in [1.165, 1.54) is 12.1 Å². The number of carbonyl (C=O) groups is 1. The fourth-order valence-corrected chi connectivity index (χ4v) is 3.88. The van der Waals surface area contributed by atoms with Gasteiger partial charge in [-0.3, -0.25) is 4.79 Å². The van der Waals surface area contributed by atoms with E-state index in [9.17, 15) is 18.0 Å². The van der Waals surface area contributed by atoms with Gasteiger partial charge >= 0.3 is 6.36 Å². The number of ether oxygens (including phenoxy) is 2. The number of halogens is 3. The van der Waals surface area contributed by atoms with Crippen molar-refractivity contribution in [1.82, 2.24) is 0 Å². The summed E-state index contributed by atoms with van der Waals surface area (Å²) in [5.74, 6) is 6.02. The minimum absolute atomic E-state index is 0.0880. The van der Waals surface area contributed by atoms with Crippen LogP contribution in [0.4, 0.5) is 24.5 Å². The fourth-order valence-electron chi connectivity index (χ4n) is 3.88. The number of alkyl halides is 3. The van der Waals surface area contributed by atoms with Gasteiger partial charge in [-0.15, -0.1) is 13.2 Å². The molecule has 0 saturated heterocycles. The van der Waals surface area contributed by atoms with Crippen molar-refractivity contribution in [2.45, 2.75) is 40.2 Å². The van der Waals surface area contributed by atoms with Gasteiger partial charge in [0.05, 0.1) is 37.6 Å². The second-order valence-electron chi connectivity index (χ2n) is 8.48. The smallest absolute Gasteiger partial charge is 0.477 e.